The standard InChI is InChI=1S/C14H22N4O4S/c1-22-23-12-7-10(5-4-9(12)8-19)18-13(20)11(15)3-2-6-17-14(16)21/h4-5,7,11,19H,2-3,6,8,15H2,1H3,(H,18,20)(H3,16,17,21). The van der Waals surface area contributed by atoms with Gasteiger partial charge in [0.05, 0.1) is 19.8 Å². The SMILES string of the molecule is COSc1cc(NC(=O)C(N)CCCNC(N)=O)ccc1CO. The molecule has 128 valence electrons. The van der Waals surface area contributed by atoms with Gasteiger partial charge in [0.15, 0.2) is 0 Å². The number of amides is 3. The Morgan fingerprint density at radius 1 is 1.43 bits per heavy atom. The average Bonchev–Trinajstić information content (AvgIpc) is 2.51. The fourth-order valence-corrected chi connectivity index (χ4v) is 2.42. The van der Waals surface area contributed by atoms with Crippen LogP contribution in [0.3, 0.4) is 0 Å². The molecule has 0 aromatic heterocycles. The first-order valence-electron chi connectivity index (χ1n) is 7.02. The molecule has 0 heterocycles. The minimum atomic E-state index is -0.694. The molecule has 0 bridgehead atoms. The minimum Gasteiger partial charge on any atom is -0.392 e. The Hall–Kier alpha value is -1.81. The van der Waals surface area contributed by atoms with Gasteiger partial charge in [0, 0.05) is 29.2 Å². The molecular formula is C14H22N4O4S. The minimum absolute atomic E-state index is 0.119. The Morgan fingerprint density at radius 2 is 2.17 bits per heavy atom. The Labute approximate surface area is 139 Å². The third-order valence-corrected chi connectivity index (χ3v) is 3.73. The molecule has 1 atom stereocenters. The summed E-state index contributed by atoms with van der Waals surface area (Å²) in [5.74, 6) is -0.325. The van der Waals surface area contributed by atoms with Gasteiger partial charge in [0.25, 0.3) is 0 Å². The summed E-state index contributed by atoms with van der Waals surface area (Å²) in [5, 5.41) is 14.4. The van der Waals surface area contributed by atoms with Crippen LogP contribution in [0.15, 0.2) is 23.1 Å². The molecule has 8 nitrogen and oxygen atoms in total. The lowest BCUT2D eigenvalue weighted by molar-refractivity contribution is -0.117. The van der Waals surface area contributed by atoms with Crippen LogP contribution in [0, 0.1) is 0 Å². The summed E-state index contributed by atoms with van der Waals surface area (Å²) in [7, 11) is 1.52. The Kier molecular flexibility index (Phi) is 8.41. The molecule has 0 radical (unpaired) electrons. The summed E-state index contributed by atoms with van der Waals surface area (Å²) in [6.45, 7) is 0.252. The van der Waals surface area contributed by atoms with Crippen molar-refractivity contribution in [1.82, 2.24) is 5.32 Å². The van der Waals surface area contributed by atoms with E-state index in [9.17, 15) is 14.7 Å². The zero-order chi connectivity index (χ0) is 17.2. The first-order valence-corrected chi connectivity index (χ1v) is 7.76. The molecular weight excluding hydrogens is 320 g/mol. The number of benzene rings is 1. The second-order valence-electron chi connectivity index (χ2n) is 4.76. The summed E-state index contributed by atoms with van der Waals surface area (Å²) in [5.41, 5.74) is 12.0. The van der Waals surface area contributed by atoms with Gasteiger partial charge in [-0.2, -0.15) is 0 Å². The van der Waals surface area contributed by atoms with Crippen LogP contribution in [-0.2, 0) is 15.6 Å². The topological polar surface area (TPSA) is 140 Å². The van der Waals surface area contributed by atoms with Crippen molar-refractivity contribution < 1.29 is 18.9 Å². The summed E-state index contributed by atoms with van der Waals surface area (Å²) >= 11 is 1.10. The monoisotopic (exact) mass is 342 g/mol. The number of rotatable bonds is 9. The van der Waals surface area contributed by atoms with Crippen LogP contribution in [-0.4, -0.2) is 36.7 Å². The maximum absolute atomic E-state index is 12.0. The first-order chi connectivity index (χ1) is 11.0. The van der Waals surface area contributed by atoms with Crippen molar-refractivity contribution in [3.8, 4) is 0 Å². The fraction of sp³-hybridized carbons (Fsp3) is 0.429. The van der Waals surface area contributed by atoms with E-state index in [2.05, 4.69) is 10.6 Å². The number of aliphatic hydroxyl groups is 1. The third kappa shape index (κ3) is 6.87. The van der Waals surface area contributed by atoms with Crippen molar-refractivity contribution in [3.05, 3.63) is 23.8 Å². The maximum Gasteiger partial charge on any atom is 0.312 e. The molecule has 0 saturated heterocycles. The summed E-state index contributed by atoms with van der Waals surface area (Å²) in [6, 6.07) is 3.80. The Morgan fingerprint density at radius 3 is 2.78 bits per heavy atom. The molecule has 0 aliphatic rings. The molecule has 0 spiro atoms. The first kappa shape index (κ1) is 19.2. The highest BCUT2D eigenvalue weighted by atomic mass is 32.2. The summed E-state index contributed by atoms with van der Waals surface area (Å²) in [6.07, 6.45) is 0.965. The smallest absolute Gasteiger partial charge is 0.312 e. The van der Waals surface area contributed by atoms with Crippen LogP contribution >= 0.6 is 12.0 Å². The Bertz CT molecular complexity index is 542. The van der Waals surface area contributed by atoms with Crippen molar-refractivity contribution in [1.29, 1.82) is 0 Å². The van der Waals surface area contributed by atoms with Crippen molar-refractivity contribution in [3.63, 3.8) is 0 Å². The number of nitrogens with one attached hydrogen (secondary N) is 2. The van der Waals surface area contributed by atoms with Gasteiger partial charge in [-0.15, -0.1) is 0 Å². The molecule has 1 aromatic rings. The molecule has 0 aliphatic heterocycles. The molecule has 0 fully saturated rings. The highest BCUT2D eigenvalue weighted by molar-refractivity contribution is 7.94. The molecule has 7 N–H and O–H groups in total. The van der Waals surface area contributed by atoms with Gasteiger partial charge in [-0.25, -0.2) is 4.79 Å². The van der Waals surface area contributed by atoms with E-state index in [4.69, 9.17) is 15.7 Å². The van der Waals surface area contributed by atoms with Gasteiger partial charge in [-0.3, -0.25) is 4.79 Å². The van der Waals surface area contributed by atoms with Crippen LogP contribution in [0.1, 0.15) is 18.4 Å². The molecule has 1 aromatic carbocycles. The van der Waals surface area contributed by atoms with Gasteiger partial charge in [0.2, 0.25) is 5.91 Å². The van der Waals surface area contributed by atoms with E-state index < -0.39 is 12.1 Å². The molecule has 23 heavy (non-hydrogen) atoms. The van der Waals surface area contributed by atoms with Crippen LogP contribution in [0.25, 0.3) is 0 Å². The number of aliphatic hydroxyl groups excluding tert-OH is 1. The van der Waals surface area contributed by atoms with Crippen molar-refractivity contribution in [2.75, 3.05) is 19.0 Å². The number of carbonyl (C=O) groups is 2. The third-order valence-electron chi connectivity index (χ3n) is 3.01. The zero-order valence-corrected chi connectivity index (χ0v) is 13.7. The average molecular weight is 342 g/mol. The number of urea groups is 1. The van der Waals surface area contributed by atoms with Gasteiger partial charge < -0.3 is 31.4 Å². The van der Waals surface area contributed by atoms with E-state index in [1.165, 1.54) is 7.11 Å². The predicted octanol–water partition coefficient (Wildman–Crippen LogP) is 0.547. The van der Waals surface area contributed by atoms with Crippen molar-refractivity contribution in [2.45, 2.75) is 30.4 Å². The number of hydrogen-bond donors (Lipinski definition) is 5. The van der Waals surface area contributed by atoms with Gasteiger partial charge in [0.1, 0.15) is 0 Å². The lowest BCUT2D eigenvalue weighted by atomic mass is 10.1. The normalized spacial score (nSPS) is 11.8. The highest BCUT2D eigenvalue weighted by Gasteiger charge is 2.14. The van der Waals surface area contributed by atoms with Gasteiger partial charge in [-0.1, -0.05) is 6.07 Å². The number of nitrogens with two attached hydrogens (primary N) is 2. The van der Waals surface area contributed by atoms with E-state index >= 15 is 0 Å². The van der Waals surface area contributed by atoms with E-state index in [1.54, 1.807) is 18.2 Å². The zero-order valence-electron chi connectivity index (χ0n) is 12.9. The lowest BCUT2D eigenvalue weighted by Gasteiger charge is -2.14. The van der Waals surface area contributed by atoms with Crippen LogP contribution in [0.5, 0.6) is 0 Å². The molecule has 1 rings (SSSR count). The second kappa shape index (κ2) is 10.1. The van der Waals surface area contributed by atoms with Crippen molar-refractivity contribution >= 4 is 29.7 Å². The number of hydrogen-bond acceptors (Lipinski definition) is 6. The second-order valence-corrected chi connectivity index (χ2v) is 5.70. The van der Waals surface area contributed by atoms with Crippen LogP contribution in [0.2, 0.25) is 0 Å². The van der Waals surface area contributed by atoms with Gasteiger partial charge in [-0.05, 0) is 30.5 Å². The number of anilines is 1. The van der Waals surface area contributed by atoms with E-state index in [1.807, 2.05) is 0 Å². The summed E-state index contributed by atoms with van der Waals surface area (Å²) < 4.78 is 4.99. The van der Waals surface area contributed by atoms with Crippen LogP contribution in [0.4, 0.5) is 10.5 Å². The summed E-state index contributed by atoms with van der Waals surface area (Å²) in [4.78, 5) is 23.3. The van der Waals surface area contributed by atoms with E-state index in [0.29, 0.717) is 35.5 Å². The van der Waals surface area contributed by atoms with E-state index in [-0.39, 0.29) is 12.5 Å². The lowest BCUT2D eigenvalue weighted by Crippen LogP contribution is -2.37. The molecule has 9 heteroatoms. The predicted molar refractivity (Wildman–Crippen MR) is 88.7 cm³/mol. The molecule has 1 unspecified atom stereocenters. The molecule has 0 aliphatic carbocycles. The van der Waals surface area contributed by atoms with Crippen molar-refractivity contribution in [2.24, 2.45) is 11.5 Å². The van der Waals surface area contributed by atoms with Gasteiger partial charge >= 0.3 is 6.03 Å². The number of carbonyl (C=O) groups excluding carboxylic acids is 2. The largest absolute Gasteiger partial charge is 0.392 e. The van der Waals surface area contributed by atoms with Crippen LogP contribution < -0.4 is 22.1 Å². The van der Waals surface area contributed by atoms with E-state index in [0.717, 1.165) is 12.0 Å². The molecule has 3 amide bonds. The quantitative estimate of drug-likeness (QED) is 0.328. The number of primary amides is 1. The highest BCUT2D eigenvalue weighted by Crippen LogP contribution is 2.26. The Balaban J connectivity index is 2.55. The fourth-order valence-electron chi connectivity index (χ4n) is 1.83. The maximum atomic E-state index is 12.0. The molecule has 0 saturated carbocycles.